The maximum atomic E-state index is 6.07. The second kappa shape index (κ2) is 4.52. The van der Waals surface area contributed by atoms with Crippen molar-refractivity contribution in [2.24, 2.45) is 5.73 Å². The Bertz CT molecular complexity index is 637. The number of H-pyrrole nitrogens is 1. The molecule has 1 aromatic carbocycles. The van der Waals surface area contributed by atoms with E-state index in [1.165, 1.54) is 0 Å². The van der Waals surface area contributed by atoms with Gasteiger partial charge >= 0.3 is 0 Å². The minimum atomic E-state index is 0.243. The molecule has 4 rings (SSSR count). The molecule has 1 aromatic heterocycles. The van der Waals surface area contributed by atoms with Crippen LogP contribution >= 0.6 is 0 Å². The molecule has 1 saturated heterocycles. The molecule has 2 aliphatic rings. The molecule has 0 aliphatic carbocycles. The normalized spacial score (nSPS) is 21.1. The quantitative estimate of drug-likeness (QED) is 0.830. The summed E-state index contributed by atoms with van der Waals surface area (Å²) in [6.07, 6.45) is 2.22. The Morgan fingerprint density at radius 3 is 3.15 bits per heavy atom. The lowest BCUT2D eigenvalue weighted by Crippen LogP contribution is -2.43. The van der Waals surface area contributed by atoms with E-state index in [-0.39, 0.29) is 6.04 Å². The van der Waals surface area contributed by atoms with Crippen molar-refractivity contribution in [1.29, 1.82) is 0 Å². The SMILES string of the molecule is NC1CCCN(c2n[nH]c3c2COc2ccccc2-3)C1. The first-order chi connectivity index (χ1) is 9.83. The molecule has 0 spiro atoms. The molecule has 5 nitrogen and oxygen atoms in total. The van der Waals surface area contributed by atoms with Gasteiger partial charge < -0.3 is 15.4 Å². The molecule has 1 unspecified atom stereocenters. The first kappa shape index (κ1) is 11.8. The van der Waals surface area contributed by atoms with E-state index in [1.54, 1.807) is 0 Å². The average Bonchev–Trinajstić information content (AvgIpc) is 2.91. The van der Waals surface area contributed by atoms with Crippen molar-refractivity contribution in [3.63, 3.8) is 0 Å². The molecule has 3 heterocycles. The van der Waals surface area contributed by atoms with Gasteiger partial charge in [-0.3, -0.25) is 5.10 Å². The standard InChI is InChI=1S/C15H18N4O/c16-10-4-3-7-19(8-10)15-12-9-20-13-6-2-1-5-11(13)14(12)17-18-15/h1-2,5-6,10H,3-4,7-9,16H2,(H,17,18). The maximum Gasteiger partial charge on any atom is 0.157 e. The van der Waals surface area contributed by atoms with Gasteiger partial charge in [0.25, 0.3) is 0 Å². The van der Waals surface area contributed by atoms with Crippen molar-refractivity contribution in [2.75, 3.05) is 18.0 Å². The van der Waals surface area contributed by atoms with Crippen LogP contribution in [0, 0.1) is 0 Å². The van der Waals surface area contributed by atoms with Gasteiger partial charge in [0.15, 0.2) is 5.82 Å². The highest BCUT2D eigenvalue weighted by Gasteiger charge is 2.27. The van der Waals surface area contributed by atoms with Gasteiger partial charge in [0, 0.05) is 24.7 Å². The van der Waals surface area contributed by atoms with Crippen LogP contribution < -0.4 is 15.4 Å². The molecule has 2 aliphatic heterocycles. The summed E-state index contributed by atoms with van der Waals surface area (Å²) in [5.74, 6) is 1.93. The van der Waals surface area contributed by atoms with E-state index >= 15 is 0 Å². The van der Waals surface area contributed by atoms with Crippen molar-refractivity contribution >= 4 is 5.82 Å². The molecule has 0 amide bonds. The van der Waals surface area contributed by atoms with Gasteiger partial charge in [0.2, 0.25) is 0 Å². The smallest absolute Gasteiger partial charge is 0.157 e. The van der Waals surface area contributed by atoms with Crippen LogP contribution in [0.15, 0.2) is 24.3 Å². The number of fused-ring (bicyclic) bond motifs is 3. The fourth-order valence-corrected chi connectivity index (χ4v) is 3.13. The highest BCUT2D eigenvalue weighted by atomic mass is 16.5. The topological polar surface area (TPSA) is 67.2 Å². The van der Waals surface area contributed by atoms with Crippen LogP contribution in [-0.4, -0.2) is 29.3 Å². The van der Waals surface area contributed by atoms with Crippen LogP contribution in [-0.2, 0) is 6.61 Å². The molecule has 0 saturated carbocycles. The second-order valence-corrected chi connectivity index (χ2v) is 5.53. The third-order valence-electron chi connectivity index (χ3n) is 4.13. The number of nitrogens with one attached hydrogen (secondary N) is 1. The Labute approximate surface area is 117 Å². The minimum Gasteiger partial charge on any atom is -0.488 e. The number of piperidine rings is 1. The number of hydrogen-bond donors (Lipinski definition) is 2. The van der Waals surface area contributed by atoms with Crippen molar-refractivity contribution in [3.05, 3.63) is 29.8 Å². The second-order valence-electron chi connectivity index (χ2n) is 5.53. The minimum absolute atomic E-state index is 0.243. The molecular formula is C15H18N4O. The van der Waals surface area contributed by atoms with Crippen molar-refractivity contribution in [3.8, 4) is 17.0 Å². The third-order valence-corrected chi connectivity index (χ3v) is 4.13. The zero-order valence-electron chi connectivity index (χ0n) is 11.3. The lowest BCUT2D eigenvalue weighted by Gasteiger charge is -2.32. The van der Waals surface area contributed by atoms with E-state index in [0.29, 0.717) is 6.61 Å². The zero-order chi connectivity index (χ0) is 13.5. The highest BCUT2D eigenvalue weighted by molar-refractivity contribution is 5.76. The summed E-state index contributed by atoms with van der Waals surface area (Å²) >= 11 is 0. The molecule has 1 atom stereocenters. The molecule has 2 aromatic rings. The van der Waals surface area contributed by atoms with Crippen LogP contribution in [0.2, 0.25) is 0 Å². The van der Waals surface area contributed by atoms with E-state index in [0.717, 1.165) is 54.3 Å². The van der Waals surface area contributed by atoms with Crippen molar-refractivity contribution in [1.82, 2.24) is 10.2 Å². The summed E-state index contributed by atoms with van der Waals surface area (Å²) < 4.78 is 5.85. The molecule has 3 N–H and O–H groups in total. The fraction of sp³-hybridized carbons (Fsp3) is 0.400. The Morgan fingerprint density at radius 2 is 2.25 bits per heavy atom. The Hall–Kier alpha value is -2.01. The van der Waals surface area contributed by atoms with Crippen LogP contribution in [0.5, 0.6) is 5.75 Å². The van der Waals surface area contributed by atoms with Gasteiger partial charge in [-0.05, 0) is 25.0 Å². The van der Waals surface area contributed by atoms with Gasteiger partial charge in [-0.15, -0.1) is 0 Å². The van der Waals surface area contributed by atoms with Crippen LogP contribution in [0.1, 0.15) is 18.4 Å². The van der Waals surface area contributed by atoms with E-state index < -0.39 is 0 Å². The first-order valence-electron chi connectivity index (χ1n) is 7.13. The molecule has 0 radical (unpaired) electrons. The summed E-state index contributed by atoms with van der Waals surface area (Å²) in [4.78, 5) is 2.28. The number of rotatable bonds is 1. The summed E-state index contributed by atoms with van der Waals surface area (Å²) in [5.41, 5.74) is 9.40. The molecular weight excluding hydrogens is 252 g/mol. The predicted octanol–water partition coefficient (Wildman–Crippen LogP) is 1.90. The molecule has 1 fully saturated rings. The van der Waals surface area contributed by atoms with Gasteiger partial charge in [0.1, 0.15) is 12.4 Å². The summed E-state index contributed by atoms with van der Waals surface area (Å²) in [5, 5.41) is 7.70. The number of nitrogens with two attached hydrogens (primary N) is 1. The van der Waals surface area contributed by atoms with Gasteiger partial charge in [-0.2, -0.15) is 5.10 Å². The molecule has 0 bridgehead atoms. The van der Waals surface area contributed by atoms with E-state index in [1.807, 2.05) is 18.2 Å². The largest absolute Gasteiger partial charge is 0.488 e. The molecule has 20 heavy (non-hydrogen) atoms. The van der Waals surface area contributed by atoms with Gasteiger partial charge in [-0.25, -0.2) is 0 Å². The van der Waals surface area contributed by atoms with E-state index in [4.69, 9.17) is 10.5 Å². The number of nitrogens with zero attached hydrogens (tertiary/aromatic N) is 2. The highest BCUT2D eigenvalue weighted by Crippen LogP contribution is 2.39. The Morgan fingerprint density at radius 1 is 1.35 bits per heavy atom. The lowest BCUT2D eigenvalue weighted by atomic mass is 10.0. The number of para-hydroxylation sites is 1. The number of anilines is 1. The van der Waals surface area contributed by atoms with Gasteiger partial charge in [-0.1, -0.05) is 12.1 Å². The van der Waals surface area contributed by atoms with Crippen LogP contribution in [0.3, 0.4) is 0 Å². The summed E-state index contributed by atoms with van der Waals surface area (Å²) in [7, 11) is 0. The van der Waals surface area contributed by atoms with E-state index in [2.05, 4.69) is 21.2 Å². The number of aromatic nitrogens is 2. The van der Waals surface area contributed by atoms with Crippen molar-refractivity contribution < 1.29 is 4.74 Å². The monoisotopic (exact) mass is 270 g/mol. The van der Waals surface area contributed by atoms with Crippen LogP contribution in [0.25, 0.3) is 11.3 Å². The Kier molecular flexibility index (Phi) is 2.67. The summed E-state index contributed by atoms with van der Waals surface area (Å²) in [6, 6.07) is 8.32. The van der Waals surface area contributed by atoms with E-state index in [9.17, 15) is 0 Å². The average molecular weight is 270 g/mol. The number of benzene rings is 1. The lowest BCUT2D eigenvalue weighted by molar-refractivity contribution is 0.302. The number of hydrogen-bond acceptors (Lipinski definition) is 4. The zero-order valence-corrected chi connectivity index (χ0v) is 11.3. The predicted molar refractivity (Wildman–Crippen MR) is 77.8 cm³/mol. The van der Waals surface area contributed by atoms with Crippen molar-refractivity contribution in [2.45, 2.75) is 25.5 Å². The third kappa shape index (κ3) is 1.78. The first-order valence-corrected chi connectivity index (χ1v) is 7.13. The molecule has 104 valence electrons. The Balaban J connectivity index is 1.74. The van der Waals surface area contributed by atoms with Crippen LogP contribution in [0.4, 0.5) is 5.82 Å². The van der Waals surface area contributed by atoms with Gasteiger partial charge in [0.05, 0.1) is 11.3 Å². The number of aromatic amines is 1. The fourth-order valence-electron chi connectivity index (χ4n) is 3.13. The summed E-state index contributed by atoms with van der Waals surface area (Å²) in [6.45, 7) is 2.47. The maximum absolute atomic E-state index is 6.07. The number of ether oxygens (including phenoxy) is 1. The molecule has 5 heteroatoms.